The van der Waals surface area contributed by atoms with Crippen molar-refractivity contribution in [1.29, 1.82) is 0 Å². The van der Waals surface area contributed by atoms with Crippen LogP contribution in [0.15, 0.2) is 12.7 Å². The van der Waals surface area contributed by atoms with E-state index in [1.807, 2.05) is 11.8 Å². The van der Waals surface area contributed by atoms with Gasteiger partial charge in [-0.05, 0) is 6.08 Å². The van der Waals surface area contributed by atoms with E-state index in [0.717, 1.165) is 5.75 Å². The van der Waals surface area contributed by atoms with Gasteiger partial charge in [0, 0.05) is 16.3 Å². The molecule has 1 aliphatic rings. The molecule has 0 saturated carbocycles. The summed E-state index contributed by atoms with van der Waals surface area (Å²) < 4.78 is 0. The Kier molecular flexibility index (Phi) is 3.72. The maximum absolute atomic E-state index is 11.3. The Balaban J connectivity index is 2.50. The van der Waals surface area contributed by atoms with Gasteiger partial charge in [-0.25, -0.2) is 0 Å². The Labute approximate surface area is 82.4 Å². The Hall–Kier alpha value is 0.110. The first-order valence-corrected chi connectivity index (χ1v) is 6.07. The predicted octanol–water partition coefficient (Wildman–Crippen LogP) is 2.37. The molecule has 0 bridgehead atoms. The van der Waals surface area contributed by atoms with E-state index in [0.29, 0.717) is 10.5 Å². The van der Waals surface area contributed by atoms with Gasteiger partial charge in [0.05, 0.1) is 5.25 Å². The zero-order chi connectivity index (χ0) is 9.14. The van der Waals surface area contributed by atoms with Crippen LogP contribution < -0.4 is 0 Å². The maximum atomic E-state index is 11.3. The van der Waals surface area contributed by atoms with E-state index in [-0.39, 0.29) is 11.0 Å². The fraction of sp³-hybridized carbons (Fsp3) is 0.667. The molecular formula is C9H14OS2. The number of carbonyl (C=O) groups excluding carboxylic acids is 1. The second-order valence-corrected chi connectivity index (χ2v) is 5.97. The molecule has 1 fully saturated rings. The predicted molar refractivity (Wildman–Crippen MR) is 58.0 cm³/mol. The zero-order valence-corrected chi connectivity index (χ0v) is 9.08. The molecule has 0 aromatic carbocycles. The number of hydrogen-bond donors (Lipinski definition) is 0. The lowest BCUT2D eigenvalue weighted by atomic mass is 10.3. The van der Waals surface area contributed by atoms with E-state index >= 15 is 0 Å². The maximum Gasteiger partial charge on any atom is 0.168 e. The first kappa shape index (κ1) is 10.2. The van der Waals surface area contributed by atoms with Crippen molar-refractivity contribution in [2.45, 2.75) is 29.6 Å². The van der Waals surface area contributed by atoms with Crippen molar-refractivity contribution in [2.75, 3.05) is 5.75 Å². The summed E-state index contributed by atoms with van der Waals surface area (Å²) >= 11 is 3.67. The molecule has 0 N–H and O–H groups in total. The van der Waals surface area contributed by atoms with Crippen molar-refractivity contribution in [3.05, 3.63) is 12.7 Å². The second-order valence-electron chi connectivity index (χ2n) is 2.97. The van der Waals surface area contributed by atoms with Crippen molar-refractivity contribution < 1.29 is 4.79 Å². The average Bonchev–Trinajstić information content (AvgIpc) is 2.08. The van der Waals surface area contributed by atoms with Crippen LogP contribution in [0, 0.1) is 0 Å². The van der Waals surface area contributed by atoms with Crippen LogP contribution in [-0.2, 0) is 4.79 Å². The molecule has 1 heterocycles. The largest absolute Gasteiger partial charge is 0.294 e. The fourth-order valence-corrected chi connectivity index (χ4v) is 3.93. The summed E-state index contributed by atoms with van der Waals surface area (Å²) in [6.07, 6.45) is 1.45. The highest BCUT2D eigenvalue weighted by Crippen LogP contribution is 2.35. The van der Waals surface area contributed by atoms with Crippen LogP contribution in [0.1, 0.15) is 13.8 Å². The molecule has 1 rings (SSSR count). The lowest BCUT2D eigenvalue weighted by Gasteiger charge is -2.29. The third kappa shape index (κ3) is 2.30. The molecule has 0 aromatic rings. The molecule has 1 saturated heterocycles. The highest BCUT2D eigenvalue weighted by molar-refractivity contribution is 8.08. The number of ketones is 1. The van der Waals surface area contributed by atoms with Gasteiger partial charge in [0.2, 0.25) is 0 Å². The molecule has 1 aliphatic heterocycles. The molecule has 3 heteroatoms. The Bertz CT molecular complexity index is 191. The van der Waals surface area contributed by atoms with Gasteiger partial charge in [-0.15, -0.1) is 11.8 Å². The van der Waals surface area contributed by atoms with E-state index in [1.54, 1.807) is 11.8 Å². The molecule has 1 nitrogen and oxygen atoms in total. The highest BCUT2D eigenvalue weighted by atomic mass is 32.2. The van der Waals surface area contributed by atoms with Gasteiger partial charge in [-0.3, -0.25) is 4.79 Å². The molecule has 0 spiro atoms. The minimum Gasteiger partial charge on any atom is -0.294 e. The second kappa shape index (κ2) is 4.38. The lowest BCUT2D eigenvalue weighted by molar-refractivity contribution is -0.113. The average molecular weight is 202 g/mol. The zero-order valence-electron chi connectivity index (χ0n) is 7.45. The van der Waals surface area contributed by atoms with Gasteiger partial charge < -0.3 is 0 Å². The summed E-state index contributed by atoms with van der Waals surface area (Å²) in [5.41, 5.74) is 0. The quantitative estimate of drug-likeness (QED) is 0.640. The summed E-state index contributed by atoms with van der Waals surface area (Å²) in [6.45, 7) is 7.91. The molecule has 3 atom stereocenters. The molecule has 3 unspecified atom stereocenters. The number of thioether (sulfide) groups is 2. The van der Waals surface area contributed by atoms with Gasteiger partial charge in [0.15, 0.2) is 5.78 Å². The SMILES string of the molecule is C=CC(=O)C1CSC(C)C(C)S1. The highest BCUT2D eigenvalue weighted by Gasteiger charge is 2.28. The minimum absolute atomic E-state index is 0.152. The number of carbonyl (C=O) groups is 1. The normalized spacial score (nSPS) is 36.0. The van der Waals surface area contributed by atoms with Crippen molar-refractivity contribution in [1.82, 2.24) is 0 Å². The van der Waals surface area contributed by atoms with Gasteiger partial charge in [-0.2, -0.15) is 11.8 Å². The Morgan fingerprint density at radius 3 is 2.67 bits per heavy atom. The summed E-state index contributed by atoms with van der Waals surface area (Å²) in [7, 11) is 0. The number of rotatable bonds is 2. The van der Waals surface area contributed by atoms with Crippen molar-refractivity contribution in [2.24, 2.45) is 0 Å². The molecule has 0 aromatic heterocycles. The minimum atomic E-state index is 0.152. The van der Waals surface area contributed by atoms with Gasteiger partial charge >= 0.3 is 0 Å². The molecule has 0 amide bonds. The van der Waals surface area contributed by atoms with E-state index in [9.17, 15) is 4.79 Å². The third-order valence-corrected chi connectivity index (χ3v) is 5.48. The van der Waals surface area contributed by atoms with E-state index in [2.05, 4.69) is 20.4 Å². The summed E-state index contributed by atoms with van der Waals surface area (Å²) in [4.78, 5) is 11.3. The number of hydrogen-bond acceptors (Lipinski definition) is 3. The third-order valence-electron chi connectivity index (χ3n) is 2.07. The Morgan fingerprint density at radius 1 is 1.50 bits per heavy atom. The topological polar surface area (TPSA) is 17.1 Å². The van der Waals surface area contributed by atoms with Crippen molar-refractivity contribution in [3.63, 3.8) is 0 Å². The van der Waals surface area contributed by atoms with Crippen LogP contribution in [-0.4, -0.2) is 27.3 Å². The van der Waals surface area contributed by atoms with Crippen molar-refractivity contribution in [3.8, 4) is 0 Å². The van der Waals surface area contributed by atoms with Crippen molar-refractivity contribution >= 4 is 29.3 Å². The summed E-state index contributed by atoms with van der Waals surface area (Å²) in [5.74, 6) is 1.13. The van der Waals surface area contributed by atoms with Crippen LogP contribution in [0.3, 0.4) is 0 Å². The number of allylic oxidation sites excluding steroid dienone is 1. The first-order chi connectivity index (χ1) is 5.65. The van der Waals surface area contributed by atoms with Gasteiger partial charge in [0.1, 0.15) is 0 Å². The fourth-order valence-electron chi connectivity index (χ4n) is 1.06. The lowest BCUT2D eigenvalue weighted by Crippen LogP contribution is -2.30. The molecule has 12 heavy (non-hydrogen) atoms. The Morgan fingerprint density at radius 2 is 2.17 bits per heavy atom. The van der Waals surface area contributed by atoms with Gasteiger partial charge in [-0.1, -0.05) is 20.4 Å². The smallest absolute Gasteiger partial charge is 0.168 e. The van der Waals surface area contributed by atoms with Gasteiger partial charge in [0.25, 0.3) is 0 Å². The molecule has 0 aliphatic carbocycles. The van der Waals surface area contributed by atoms with Crippen LogP contribution >= 0.6 is 23.5 Å². The van der Waals surface area contributed by atoms with Crippen LogP contribution in [0.25, 0.3) is 0 Å². The van der Waals surface area contributed by atoms with E-state index in [4.69, 9.17) is 0 Å². The summed E-state index contributed by atoms with van der Waals surface area (Å²) in [5, 5.41) is 1.40. The van der Waals surface area contributed by atoms with Crippen LogP contribution in [0.5, 0.6) is 0 Å². The summed E-state index contributed by atoms with van der Waals surface area (Å²) in [6, 6.07) is 0. The first-order valence-electron chi connectivity index (χ1n) is 4.08. The monoisotopic (exact) mass is 202 g/mol. The van der Waals surface area contributed by atoms with E-state index < -0.39 is 0 Å². The molecular weight excluding hydrogens is 188 g/mol. The van der Waals surface area contributed by atoms with Crippen LogP contribution in [0.4, 0.5) is 0 Å². The molecule has 68 valence electrons. The van der Waals surface area contributed by atoms with Crippen LogP contribution in [0.2, 0.25) is 0 Å². The molecule has 0 radical (unpaired) electrons. The van der Waals surface area contributed by atoms with E-state index in [1.165, 1.54) is 6.08 Å². The standard InChI is InChI=1S/C9H14OS2/c1-4-8(10)9-5-11-6(2)7(3)12-9/h4,6-7,9H,1,5H2,2-3H3.